The molecule has 0 unspecified atom stereocenters. The molecule has 2 aromatic heterocycles. The summed E-state index contributed by atoms with van der Waals surface area (Å²) in [6.45, 7) is 5.54. The van der Waals surface area contributed by atoms with Gasteiger partial charge >= 0.3 is 5.97 Å². The quantitative estimate of drug-likeness (QED) is 0.779. The third kappa shape index (κ3) is 4.02. The number of thiophene rings is 1. The summed E-state index contributed by atoms with van der Waals surface area (Å²) in [7, 11) is 0. The summed E-state index contributed by atoms with van der Waals surface area (Å²) in [6.07, 6.45) is 1.13. The van der Waals surface area contributed by atoms with Crippen LogP contribution < -0.4 is 0 Å². The molecular formula is C17H20N2O3S2. The first-order valence-corrected chi connectivity index (χ1v) is 9.73. The lowest BCUT2D eigenvalue weighted by atomic mass is 9.92. The smallest absolute Gasteiger partial charge is 0.358 e. The summed E-state index contributed by atoms with van der Waals surface area (Å²) in [4.78, 5) is 31.5. The first-order chi connectivity index (χ1) is 11.5. The number of piperidine rings is 1. The van der Waals surface area contributed by atoms with Crippen LogP contribution in [0.5, 0.6) is 0 Å². The SMILES string of the molecule is C[C@H]1C[C@H](C)CN(C(=O)COC(=O)c2csc(-c3cccs3)n2)C1. The Balaban J connectivity index is 1.54. The van der Waals surface area contributed by atoms with Crippen molar-refractivity contribution in [1.29, 1.82) is 0 Å². The molecule has 3 heterocycles. The first-order valence-electron chi connectivity index (χ1n) is 7.97. The van der Waals surface area contributed by atoms with Crippen molar-refractivity contribution in [1.82, 2.24) is 9.88 Å². The van der Waals surface area contributed by atoms with E-state index in [1.165, 1.54) is 11.3 Å². The highest BCUT2D eigenvalue weighted by atomic mass is 32.1. The van der Waals surface area contributed by atoms with Gasteiger partial charge in [0.15, 0.2) is 12.3 Å². The number of amides is 1. The molecule has 1 amide bonds. The zero-order valence-corrected chi connectivity index (χ0v) is 15.4. The predicted octanol–water partition coefficient (Wildman–Crippen LogP) is 3.53. The summed E-state index contributed by atoms with van der Waals surface area (Å²) in [5.74, 6) is 0.302. The summed E-state index contributed by atoms with van der Waals surface area (Å²) < 4.78 is 5.16. The zero-order chi connectivity index (χ0) is 17.1. The van der Waals surface area contributed by atoms with Gasteiger partial charge in [-0.3, -0.25) is 4.79 Å². The number of hydrogen-bond acceptors (Lipinski definition) is 6. The van der Waals surface area contributed by atoms with Gasteiger partial charge in [-0.15, -0.1) is 22.7 Å². The second-order valence-corrected chi connectivity index (χ2v) is 8.14. The van der Waals surface area contributed by atoms with E-state index in [2.05, 4.69) is 18.8 Å². The lowest BCUT2D eigenvalue weighted by molar-refractivity contribution is -0.137. The summed E-state index contributed by atoms with van der Waals surface area (Å²) in [5, 5.41) is 4.43. The fraction of sp³-hybridized carbons (Fsp3) is 0.471. The Kier molecular flexibility index (Phi) is 5.30. The topological polar surface area (TPSA) is 59.5 Å². The van der Waals surface area contributed by atoms with Crippen molar-refractivity contribution in [3.05, 3.63) is 28.6 Å². The summed E-state index contributed by atoms with van der Waals surface area (Å²) in [5.41, 5.74) is 0.261. The van der Waals surface area contributed by atoms with Gasteiger partial charge in [0.1, 0.15) is 5.01 Å². The Morgan fingerprint density at radius 2 is 2.04 bits per heavy atom. The van der Waals surface area contributed by atoms with E-state index in [9.17, 15) is 9.59 Å². The van der Waals surface area contributed by atoms with E-state index in [0.29, 0.717) is 11.8 Å². The molecule has 24 heavy (non-hydrogen) atoms. The third-order valence-electron chi connectivity index (χ3n) is 3.99. The fourth-order valence-corrected chi connectivity index (χ4v) is 4.64. The molecule has 0 spiro atoms. The van der Waals surface area contributed by atoms with Crippen LogP contribution in [-0.4, -0.2) is 41.5 Å². The number of ether oxygens (including phenoxy) is 1. The number of aromatic nitrogens is 1. The molecule has 7 heteroatoms. The molecule has 5 nitrogen and oxygen atoms in total. The molecule has 2 atom stereocenters. The number of thiazole rings is 1. The summed E-state index contributed by atoms with van der Waals surface area (Å²) in [6, 6.07) is 3.90. The molecule has 0 aliphatic carbocycles. The monoisotopic (exact) mass is 364 g/mol. The van der Waals surface area contributed by atoms with Crippen LogP contribution in [0.3, 0.4) is 0 Å². The maximum atomic E-state index is 12.2. The second-order valence-electron chi connectivity index (χ2n) is 6.34. The van der Waals surface area contributed by atoms with Crippen molar-refractivity contribution in [2.75, 3.05) is 19.7 Å². The normalized spacial score (nSPS) is 20.8. The van der Waals surface area contributed by atoms with Crippen LogP contribution >= 0.6 is 22.7 Å². The van der Waals surface area contributed by atoms with E-state index in [-0.39, 0.29) is 18.2 Å². The summed E-state index contributed by atoms with van der Waals surface area (Å²) >= 11 is 2.98. The average Bonchev–Trinajstić information content (AvgIpc) is 3.21. The van der Waals surface area contributed by atoms with Crippen LogP contribution in [-0.2, 0) is 9.53 Å². The second kappa shape index (κ2) is 7.44. The average molecular weight is 364 g/mol. The van der Waals surface area contributed by atoms with Gasteiger partial charge in [-0.25, -0.2) is 9.78 Å². The van der Waals surface area contributed by atoms with Crippen molar-refractivity contribution in [3.8, 4) is 9.88 Å². The van der Waals surface area contributed by atoms with Gasteiger partial charge in [0.05, 0.1) is 4.88 Å². The van der Waals surface area contributed by atoms with Crippen LogP contribution in [0.25, 0.3) is 9.88 Å². The number of esters is 1. The number of nitrogens with zero attached hydrogens (tertiary/aromatic N) is 2. The first kappa shape index (κ1) is 17.1. The van der Waals surface area contributed by atoms with Crippen LogP contribution in [0.2, 0.25) is 0 Å². The molecule has 0 radical (unpaired) electrons. The number of likely N-dealkylation sites (tertiary alicyclic amines) is 1. The van der Waals surface area contributed by atoms with Gasteiger partial charge < -0.3 is 9.64 Å². The van der Waals surface area contributed by atoms with Crippen molar-refractivity contribution < 1.29 is 14.3 Å². The predicted molar refractivity (Wildman–Crippen MR) is 95.2 cm³/mol. The van der Waals surface area contributed by atoms with E-state index in [4.69, 9.17) is 4.74 Å². The number of hydrogen-bond donors (Lipinski definition) is 0. The van der Waals surface area contributed by atoms with Crippen molar-refractivity contribution in [2.24, 2.45) is 11.8 Å². The number of rotatable bonds is 4. The lowest BCUT2D eigenvalue weighted by Crippen LogP contribution is -2.44. The zero-order valence-electron chi connectivity index (χ0n) is 13.7. The third-order valence-corrected chi connectivity index (χ3v) is 5.87. The highest BCUT2D eigenvalue weighted by Crippen LogP contribution is 2.28. The molecule has 128 valence electrons. The van der Waals surface area contributed by atoms with Gasteiger partial charge in [0.2, 0.25) is 0 Å². The Bertz CT molecular complexity index is 701. The maximum Gasteiger partial charge on any atom is 0.358 e. The molecule has 0 aromatic carbocycles. The highest BCUT2D eigenvalue weighted by molar-refractivity contribution is 7.20. The molecule has 1 fully saturated rings. The minimum Gasteiger partial charge on any atom is -0.451 e. The van der Waals surface area contributed by atoms with Crippen LogP contribution in [0, 0.1) is 11.8 Å². The van der Waals surface area contributed by atoms with E-state index in [0.717, 1.165) is 29.4 Å². The number of carbonyl (C=O) groups is 2. The number of carbonyl (C=O) groups excluding carboxylic acids is 2. The van der Waals surface area contributed by atoms with E-state index in [1.807, 2.05) is 17.5 Å². The minimum atomic E-state index is -0.541. The highest BCUT2D eigenvalue weighted by Gasteiger charge is 2.26. The van der Waals surface area contributed by atoms with Gasteiger partial charge in [0.25, 0.3) is 5.91 Å². The Labute approximate surface area is 149 Å². The van der Waals surface area contributed by atoms with E-state index in [1.54, 1.807) is 21.6 Å². The molecule has 0 N–H and O–H groups in total. The van der Waals surface area contributed by atoms with Gasteiger partial charge in [0, 0.05) is 18.5 Å². The molecule has 2 aromatic rings. The van der Waals surface area contributed by atoms with Gasteiger partial charge in [-0.2, -0.15) is 0 Å². The molecule has 1 saturated heterocycles. The fourth-order valence-electron chi connectivity index (χ4n) is 3.04. The Morgan fingerprint density at radius 1 is 1.29 bits per heavy atom. The van der Waals surface area contributed by atoms with E-state index < -0.39 is 5.97 Å². The van der Waals surface area contributed by atoms with Crippen LogP contribution in [0.15, 0.2) is 22.9 Å². The largest absolute Gasteiger partial charge is 0.451 e. The maximum absolute atomic E-state index is 12.2. The van der Waals surface area contributed by atoms with Crippen LogP contribution in [0.1, 0.15) is 30.8 Å². The van der Waals surface area contributed by atoms with Crippen molar-refractivity contribution in [2.45, 2.75) is 20.3 Å². The minimum absolute atomic E-state index is 0.129. The molecular weight excluding hydrogens is 344 g/mol. The Hall–Kier alpha value is -1.73. The molecule has 1 aliphatic rings. The van der Waals surface area contributed by atoms with E-state index >= 15 is 0 Å². The lowest BCUT2D eigenvalue weighted by Gasteiger charge is -2.34. The molecule has 0 saturated carbocycles. The van der Waals surface area contributed by atoms with Gasteiger partial charge in [-0.05, 0) is 29.7 Å². The Morgan fingerprint density at radius 3 is 2.71 bits per heavy atom. The standard InChI is InChI=1S/C17H20N2O3S2/c1-11-6-12(2)8-19(7-11)15(20)9-22-17(21)13-10-24-16(18-13)14-4-3-5-23-14/h3-5,10-12H,6-9H2,1-2H3/t11-,12-/m0/s1. The van der Waals surface area contributed by atoms with Crippen molar-refractivity contribution in [3.63, 3.8) is 0 Å². The molecule has 0 bridgehead atoms. The van der Waals surface area contributed by atoms with Crippen molar-refractivity contribution >= 4 is 34.6 Å². The van der Waals surface area contributed by atoms with Crippen LogP contribution in [0.4, 0.5) is 0 Å². The van der Waals surface area contributed by atoms with Gasteiger partial charge in [-0.1, -0.05) is 19.9 Å². The molecule has 1 aliphatic heterocycles. The molecule has 3 rings (SSSR count).